The summed E-state index contributed by atoms with van der Waals surface area (Å²) in [5.41, 5.74) is 6.36. The summed E-state index contributed by atoms with van der Waals surface area (Å²) < 4.78 is 0. The fraction of sp³-hybridized carbons (Fsp3) is 0.500. The molecule has 0 saturated carbocycles. The Bertz CT molecular complexity index is 290. The summed E-state index contributed by atoms with van der Waals surface area (Å²) in [6.45, 7) is 3.92. The second-order valence-corrected chi connectivity index (χ2v) is 2.58. The lowest BCUT2D eigenvalue weighted by Crippen LogP contribution is -2.13. The van der Waals surface area contributed by atoms with Crippen LogP contribution in [-0.2, 0) is 12.8 Å². The predicted molar refractivity (Wildman–Crippen MR) is 45.9 cm³/mol. The number of nitrogens with one attached hydrogen (secondary N) is 1. The zero-order valence-corrected chi connectivity index (χ0v) is 7.35. The quantitative estimate of drug-likeness (QED) is 0.693. The first-order valence-corrected chi connectivity index (χ1v) is 4.06. The van der Waals surface area contributed by atoms with Crippen molar-refractivity contribution in [2.24, 2.45) is 5.73 Å². The van der Waals surface area contributed by atoms with Crippen molar-refractivity contribution in [1.82, 2.24) is 9.97 Å². The second kappa shape index (κ2) is 3.38. The van der Waals surface area contributed by atoms with Crippen LogP contribution in [0.1, 0.15) is 35.9 Å². The average molecular weight is 167 g/mol. The van der Waals surface area contributed by atoms with E-state index >= 15 is 0 Å². The van der Waals surface area contributed by atoms with Crippen molar-refractivity contribution in [3.8, 4) is 0 Å². The molecule has 0 fully saturated rings. The highest BCUT2D eigenvalue weighted by molar-refractivity contribution is 5.92. The number of imidazole rings is 1. The minimum Gasteiger partial charge on any atom is -0.364 e. The zero-order chi connectivity index (χ0) is 9.14. The molecule has 1 aromatic rings. The fourth-order valence-electron chi connectivity index (χ4n) is 1.09. The predicted octanol–water partition coefficient (Wildman–Crippen LogP) is 0.633. The minimum absolute atomic E-state index is 0.431. The van der Waals surface area contributed by atoms with Gasteiger partial charge in [-0.1, -0.05) is 13.8 Å². The summed E-state index contributed by atoms with van der Waals surface area (Å²) in [4.78, 5) is 18.0. The van der Waals surface area contributed by atoms with Crippen molar-refractivity contribution in [3.63, 3.8) is 0 Å². The number of hydrogen-bond donors (Lipinski definition) is 2. The average Bonchev–Trinajstić information content (AvgIpc) is 2.47. The highest BCUT2D eigenvalue weighted by Crippen LogP contribution is 2.06. The van der Waals surface area contributed by atoms with Crippen molar-refractivity contribution in [3.05, 3.63) is 17.2 Å². The lowest BCUT2D eigenvalue weighted by molar-refractivity contribution is 0.0995. The first-order valence-electron chi connectivity index (χ1n) is 4.06. The fourth-order valence-corrected chi connectivity index (χ4v) is 1.09. The van der Waals surface area contributed by atoms with Gasteiger partial charge in [0.2, 0.25) is 0 Å². The van der Waals surface area contributed by atoms with Crippen LogP contribution in [0.15, 0.2) is 0 Å². The van der Waals surface area contributed by atoms with Gasteiger partial charge in [0, 0.05) is 6.42 Å². The van der Waals surface area contributed by atoms with Gasteiger partial charge in [0.25, 0.3) is 5.91 Å². The number of primary amides is 1. The number of nitrogens with zero attached hydrogens (tertiary/aromatic N) is 1. The lowest BCUT2D eigenvalue weighted by Gasteiger charge is -1.91. The van der Waals surface area contributed by atoms with Crippen LogP contribution in [0.2, 0.25) is 0 Å². The highest BCUT2D eigenvalue weighted by Gasteiger charge is 2.11. The zero-order valence-electron chi connectivity index (χ0n) is 7.35. The maximum absolute atomic E-state index is 10.9. The monoisotopic (exact) mass is 167 g/mol. The number of hydrogen-bond acceptors (Lipinski definition) is 2. The van der Waals surface area contributed by atoms with Crippen molar-refractivity contribution < 1.29 is 4.79 Å². The Morgan fingerprint density at radius 2 is 2.17 bits per heavy atom. The Morgan fingerprint density at radius 1 is 1.50 bits per heavy atom. The van der Waals surface area contributed by atoms with Gasteiger partial charge in [0.05, 0.1) is 5.69 Å². The second-order valence-electron chi connectivity index (χ2n) is 2.58. The Labute approximate surface area is 71.2 Å². The van der Waals surface area contributed by atoms with Crippen molar-refractivity contribution in [1.29, 1.82) is 0 Å². The molecule has 0 spiro atoms. The maximum Gasteiger partial charge on any atom is 0.267 e. The van der Waals surface area contributed by atoms with Gasteiger partial charge in [-0.25, -0.2) is 4.98 Å². The molecule has 0 bridgehead atoms. The van der Waals surface area contributed by atoms with Gasteiger partial charge in [0.1, 0.15) is 11.5 Å². The Hall–Kier alpha value is -1.32. The number of amides is 1. The molecule has 0 atom stereocenters. The van der Waals surface area contributed by atoms with E-state index in [0.29, 0.717) is 5.69 Å². The number of H-pyrrole nitrogens is 1. The summed E-state index contributed by atoms with van der Waals surface area (Å²) in [7, 11) is 0. The number of aromatic amines is 1. The van der Waals surface area contributed by atoms with E-state index in [-0.39, 0.29) is 0 Å². The lowest BCUT2D eigenvalue weighted by atomic mass is 10.2. The van der Waals surface area contributed by atoms with E-state index in [1.54, 1.807) is 0 Å². The molecular formula is C8H13N3O. The molecule has 66 valence electrons. The van der Waals surface area contributed by atoms with E-state index in [9.17, 15) is 4.79 Å². The SMILES string of the molecule is CCc1nc(CC)c(C(N)=O)[nH]1. The van der Waals surface area contributed by atoms with Crippen LogP contribution in [0.3, 0.4) is 0 Å². The van der Waals surface area contributed by atoms with Gasteiger partial charge < -0.3 is 10.7 Å². The van der Waals surface area contributed by atoms with Crippen molar-refractivity contribution in [2.45, 2.75) is 26.7 Å². The van der Waals surface area contributed by atoms with Gasteiger partial charge in [-0.05, 0) is 6.42 Å². The van der Waals surface area contributed by atoms with Crippen LogP contribution in [0, 0.1) is 0 Å². The number of aromatic nitrogens is 2. The Balaban J connectivity index is 3.08. The summed E-state index contributed by atoms with van der Waals surface area (Å²) in [5, 5.41) is 0. The third-order valence-electron chi connectivity index (χ3n) is 1.74. The molecule has 4 nitrogen and oxygen atoms in total. The summed E-state index contributed by atoms with van der Waals surface area (Å²) in [6.07, 6.45) is 1.52. The van der Waals surface area contributed by atoms with Crippen LogP contribution in [0.4, 0.5) is 0 Å². The van der Waals surface area contributed by atoms with Crippen LogP contribution >= 0.6 is 0 Å². The largest absolute Gasteiger partial charge is 0.364 e. The third kappa shape index (κ3) is 1.47. The highest BCUT2D eigenvalue weighted by atomic mass is 16.1. The summed E-state index contributed by atoms with van der Waals surface area (Å²) in [5.74, 6) is 0.389. The smallest absolute Gasteiger partial charge is 0.267 e. The van der Waals surface area contributed by atoms with Gasteiger partial charge in [-0.15, -0.1) is 0 Å². The van der Waals surface area contributed by atoms with Crippen LogP contribution in [0.25, 0.3) is 0 Å². The molecule has 1 rings (SSSR count). The van der Waals surface area contributed by atoms with Crippen LogP contribution in [0.5, 0.6) is 0 Å². The maximum atomic E-state index is 10.9. The molecule has 4 heteroatoms. The van der Waals surface area contributed by atoms with E-state index in [1.165, 1.54) is 0 Å². The molecule has 3 N–H and O–H groups in total. The van der Waals surface area contributed by atoms with Crippen LogP contribution < -0.4 is 5.73 Å². The molecule has 0 aliphatic rings. The van der Waals surface area contributed by atoms with Gasteiger partial charge in [-0.2, -0.15) is 0 Å². The molecule has 0 aliphatic carbocycles. The topological polar surface area (TPSA) is 71.8 Å². The first-order chi connectivity index (χ1) is 5.69. The first kappa shape index (κ1) is 8.77. The number of carbonyl (C=O) groups excluding carboxylic acids is 1. The molecule has 0 saturated heterocycles. The Kier molecular flexibility index (Phi) is 2.47. The van der Waals surface area contributed by atoms with Gasteiger partial charge in [0.15, 0.2) is 0 Å². The summed E-state index contributed by atoms with van der Waals surface area (Å²) in [6, 6.07) is 0. The molecule has 0 radical (unpaired) electrons. The molecule has 0 unspecified atom stereocenters. The van der Waals surface area contributed by atoms with E-state index in [4.69, 9.17) is 5.73 Å². The summed E-state index contributed by atoms with van der Waals surface area (Å²) >= 11 is 0. The molecule has 0 aromatic carbocycles. The molecular weight excluding hydrogens is 154 g/mol. The molecule has 1 aromatic heterocycles. The number of aryl methyl sites for hydroxylation is 2. The molecule has 12 heavy (non-hydrogen) atoms. The third-order valence-corrected chi connectivity index (χ3v) is 1.74. The number of nitrogens with two attached hydrogens (primary N) is 1. The van der Waals surface area contributed by atoms with E-state index in [2.05, 4.69) is 9.97 Å². The molecule has 1 heterocycles. The standard InChI is InChI=1S/C8H13N3O/c1-3-5-7(8(9)12)11-6(4-2)10-5/h3-4H2,1-2H3,(H2,9,12)(H,10,11). The van der Waals surface area contributed by atoms with E-state index in [1.807, 2.05) is 13.8 Å². The van der Waals surface area contributed by atoms with Crippen molar-refractivity contribution >= 4 is 5.91 Å². The van der Waals surface area contributed by atoms with E-state index in [0.717, 1.165) is 24.4 Å². The number of carbonyl (C=O) groups is 1. The van der Waals surface area contributed by atoms with Gasteiger partial charge in [-0.3, -0.25) is 4.79 Å². The Morgan fingerprint density at radius 3 is 2.50 bits per heavy atom. The molecule has 1 amide bonds. The van der Waals surface area contributed by atoms with E-state index < -0.39 is 5.91 Å². The number of rotatable bonds is 3. The van der Waals surface area contributed by atoms with Gasteiger partial charge >= 0.3 is 0 Å². The normalized spacial score (nSPS) is 10.2. The molecule has 0 aliphatic heterocycles. The van der Waals surface area contributed by atoms with Crippen LogP contribution in [-0.4, -0.2) is 15.9 Å². The minimum atomic E-state index is -0.431. The van der Waals surface area contributed by atoms with Crippen molar-refractivity contribution in [2.75, 3.05) is 0 Å².